The number of carbonyl (C=O) groups excluding carboxylic acids is 1. The fraction of sp³-hybridized carbons (Fsp3) is 0.583. The van der Waals surface area contributed by atoms with E-state index in [2.05, 4.69) is 31.0 Å². The van der Waals surface area contributed by atoms with E-state index in [1.165, 1.54) is 0 Å². The van der Waals surface area contributed by atoms with E-state index in [9.17, 15) is 4.79 Å². The third-order valence-electron chi connectivity index (χ3n) is 3.44. The summed E-state index contributed by atoms with van der Waals surface area (Å²) in [6, 6.07) is 0.0673. The molecule has 0 radical (unpaired) electrons. The lowest BCUT2D eigenvalue weighted by molar-refractivity contribution is 0.0940. The fourth-order valence-corrected chi connectivity index (χ4v) is 2.26. The Hall–Kier alpha value is -2.29. The molecular formula is C12H17N7O2. The minimum Gasteiger partial charge on any atom is -0.349 e. The van der Waals surface area contributed by atoms with Crippen molar-refractivity contribution in [2.24, 2.45) is 7.05 Å². The molecule has 0 aliphatic carbocycles. The van der Waals surface area contributed by atoms with Gasteiger partial charge in [0.1, 0.15) is 12.2 Å². The van der Waals surface area contributed by atoms with E-state index >= 15 is 0 Å². The Labute approximate surface area is 121 Å². The summed E-state index contributed by atoms with van der Waals surface area (Å²) in [7, 11) is 1.86. The zero-order valence-electron chi connectivity index (χ0n) is 11.7. The first-order valence-electron chi connectivity index (χ1n) is 6.92. The maximum absolute atomic E-state index is 11.9. The lowest BCUT2D eigenvalue weighted by Gasteiger charge is -2.02. The van der Waals surface area contributed by atoms with Crippen LogP contribution < -0.4 is 10.6 Å². The van der Waals surface area contributed by atoms with Crippen molar-refractivity contribution in [1.29, 1.82) is 0 Å². The number of hydrogen-bond acceptors (Lipinski definition) is 7. The van der Waals surface area contributed by atoms with Crippen molar-refractivity contribution in [3.05, 3.63) is 23.9 Å². The zero-order valence-corrected chi connectivity index (χ0v) is 11.7. The third-order valence-corrected chi connectivity index (χ3v) is 3.44. The third kappa shape index (κ3) is 3.07. The van der Waals surface area contributed by atoms with Crippen molar-refractivity contribution in [3.63, 3.8) is 0 Å². The molecule has 0 saturated carbocycles. The molecule has 1 amide bonds. The maximum Gasteiger partial charge on any atom is 0.292 e. The van der Waals surface area contributed by atoms with E-state index in [4.69, 9.17) is 4.52 Å². The van der Waals surface area contributed by atoms with Crippen LogP contribution in [0.5, 0.6) is 0 Å². The van der Waals surface area contributed by atoms with Gasteiger partial charge in [0.2, 0.25) is 5.89 Å². The van der Waals surface area contributed by atoms with Gasteiger partial charge >= 0.3 is 0 Å². The fourth-order valence-electron chi connectivity index (χ4n) is 2.26. The lowest BCUT2D eigenvalue weighted by Crippen LogP contribution is -2.27. The first-order chi connectivity index (χ1) is 10.2. The molecule has 1 saturated heterocycles. The molecule has 1 aliphatic heterocycles. The zero-order chi connectivity index (χ0) is 14.7. The Morgan fingerprint density at radius 3 is 3.24 bits per heavy atom. The van der Waals surface area contributed by atoms with Gasteiger partial charge in [0.15, 0.2) is 0 Å². The Balaban J connectivity index is 1.52. The van der Waals surface area contributed by atoms with Crippen molar-refractivity contribution in [3.8, 4) is 0 Å². The smallest absolute Gasteiger partial charge is 0.292 e. The van der Waals surface area contributed by atoms with Gasteiger partial charge in [-0.1, -0.05) is 5.16 Å². The summed E-state index contributed by atoms with van der Waals surface area (Å²) in [4.78, 5) is 16.1. The summed E-state index contributed by atoms with van der Waals surface area (Å²) in [5.74, 6) is 1.01. The van der Waals surface area contributed by atoms with E-state index in [0.717, 1.165) is 25.2 Å². The monoisotopic (exact) mass is 291 g/mol. The number of hydrogen-bond donors (Lipinski definition) is 2. The average Bonchev–Trinajstić information content (AvgIpc) is 3.19. The number of amides is 1. The molecule has 9 heteroatoms. The molecule has 2 aromatic heterocycles. The van der Waals surface area contributed by atoms with Crippen LogP contribution in [0.2, 0.25) is 0 Å². The number of nitrogens with zero attached hydrogens (tertiary/aromatic N) is 5. The van der Waals surface area contributed by atoms with Gasteiger partial charge in [-0.3, -0.25) is 4.79 Å². The van der Waals surface area contributed by atoms with Crippen LogP contribution in [0, 0.1) is 0 Å². The van der Waals surface area contributed by atoms with Crippen LogP contribution in [0.1, 0.15) is 41.2 Å². The molecule has 2 N–H and O–H groups in total. The highest BCUT2D eigenvalue weighted by atomic mass is 16.5. The second-order valence-electron chi connectivity index (χ2n) is 4.97. The first-order valence-corrected chi connectivity index (χ1v) is 6.92. The SMILES string of the molecule is Cn1cnnc1CCNC(=O)c1noc(C2CCCN2)n1. The maximum atomic E-state index is 11.9. The molecule has 0 aromatic carbocycles. The number of rotatable bonds is 5. The van der Waals surface area contributed by atoms with Crippen LogP contribution in [0.15, 0.2) is 10.9 Å². The number of aromatic nitrogens is 5. The molecule has 3 heterocycles. The summed E-state index contributed by atoms with van der Waals surface area (Å²) < 4.78 is 6.94. The molecule has 1 fully saturated rings. The highest BCUT2D eigenvalue weighted by Gasteiger charge is 2.24. The molecule has 0 bridgehead atoms. The standard InChI is InChI=1S/C12H17N7O2/c1-19-7-15-17-9(19)4-6-14-11(20)10-16-12(21-18-10)8-3-2-5-13-8/h7-8,13H,2-6H2,1H3,(H,14,20). The predicted molar refractivity (Wildman–Crippen MR) is 71.3 cm³/mol. The van der Waals surface area contributed by atoms with Crippen molar-refractivity contribution in [2.75, 3.05) is 13.1 Å². The van der Waals surface area contributed by atoms with E-state index in [1.54, 1.807) is 6.33 Å². The molecule has 9 nitrogen and oxygen atoms in total. The van der Waals surface area contributed by atoms with Gasteiger partial charge in [-0.25, -0.2) is 0 Å². The van der Waals surface area contributed by atoms with Gasteiger partial charge in [0.25, 0.3) is 11.7 Å². The molecule has 2 aromatic rings. The molecule has 3 rings (SSSR count). The average molecular weight is 291 g/mol. The summed E-state index contributed by atoms with van der Waals surface area (Å²) in [6.07, 6.45) is 4.25. The summed E-state index contributed by atoms with van der Waals surface area (Å²) in [5, 5.41) is 17.4. The molecule has 1 atom stereocenters. The quantitative estimate of drug-likeness (QED) is 0.770. The molecular weight excluding hydrogens is 274 g/mol. The Morgan fingerprint density at radius 2 is 2.52 bits per heavy atom. The van der Waals surface area contributed by atoms with Crippen molar-refractivity contribution >= 4 is 5.91 Å². The van der Waals surface area contributed by atoms with Crippen molar-refractivity contribution < 1.29 is 9.32 Å². The minimum atomic E-state index is -0.342. The summed E-state index contributed by atoms with van der Waals surface area (Å²) >= 11 is 0. The van der Waals surface area contributed by atoms with E-state index in [1.807, 2.05) is 11.6 Å². The van der Waals surface area contributed by atoms with Crippen LogP contribution in [-0.2, 0) is 13.5 Å². The van der Waals surface area contributed by atoms with Gasteiger partial charge in [-0.05, 0) is 19.4 Å². The van der Waals surface area contributed by atoms with Gasteiger partial charge in [-0.2, -0.15) is 4.98 Å². The van der Waals surface area contributed by atoms with Crippen LogP contribution in [0.25, 0.3) is 0 Å². The molecule has 112 valence electrons. The van der Waals surface area contributed by atoms with Crippen LogP contribution >= 0.6 is 0 Å². The largest absolute Gasteiger partial charge is 0.349 e. The van der Waals surface area contributed by atoms with Crippen molar-refractivity contribution in [2.45, 2.75) is 25.3 Å². The van der Waals surface area contributed by atoms with Gasteiger partial charge in [0, 0.05) is 20.0 Å². The Morgan fingerprint density at radius 1 is 1.62 bits per heavy atom. The second kappa shape index (κ2) is 6.00. The Bertz CT molecular complexity index is 615. The highest BCUT2D eigenvalue weighted by molar-refractivity contribution is 5.90. The number of nitrogens with one attached hydrogen (secondary N) is 2. The molecule has 0 spiro atoms. The van der Waals surface area contributed by atoms with Crippen LogP contribution in [0.3, 0.4) is 0 Å². The number of carbonyl (C=O) groups is 1. The van der Waals surface area contributed by atoms with Gasteiger partial charge < -0.3 is 19.7 Å². The van der Waals surface area contributed by atoms with Crippen LogP contribution in [0.4, 0.5) is 0 Å². The molecule has 1 aliphatic rings. The van der Waals surface area contributed by atoms with Crippen LogP contribution in [-0.4, -0.2) is 43.9 Å². The van der Waals surface area contributed by atoms with E-state index in [0.29, 0.717) is 18.9 Å². The first kappa shape index (κ1) is 13.7. The van der Waals surface area contributed by atoms with E-state index in [-0.39, 0.29) is 17.8 Å². The predicted octanol–water partition coefficient (Wildman–Crippen LogP) is -0.405. The molecule has 21 heavy (non-hydrogen) atoms. The second-order valence-corrected chi connectivity index (χ2v) is 4.97. The number of aryl methyl sites for hydroxylation is 1. The molecule has 1 unspecified atom stereocenters. The van der Waals surface area contributed by atoms with Gasteiger partial charge in [-0.15, -0.1) is 10.2 Å². The van der Waals surface area contributed by atoms with Crippen molar-refractivity contribution in [1.82, 2.24) is 35.5 Å². The highest BCUT2D eigenvalue weighted by Crippen LogP contribution is 2.20. The lowest BCUT2D eigenvalue weighted by atomic mass is 10.2. The van der Waals surface area contributed by atoms with Gasteiger partial charge in [0.05, 0.1) is 6.04 Å². The minimum absolute atomic E-state index is 0.0664. The summed E-state index contributed by atoms with van der Waals surface area (Å²) in [5.41, 5.74) is 0. The normalized spacial score (nSPS) is 18.0. The van der Waals surface area contributed by atoms with E-state index < -0.39 is 0 Å². The topological polar surface area (TPSA) is 111 Å². The summed E-state index contributed by atoms with van der Waals surface area (Å²) in [6.45, 7) is 1.38. The Kier molecular flexibility index (Phi) is 3.91.